The number of benzene rings is 1. The van der Waals surface area contributed by atoms with Crippen molar-refractivity contribution in [3.8, 4) is 6.07 Å². The number of halogens is 2. The van der Waals surface area contributed by atoms with Gasteiger partial charge in [0.15, 0.2) is 11.6 Å². The van der Waals surface area contributed by atoms with Crippen LogP contribution in [0.25, 0.3) is 0 Å². The first kappa shape index (κ1) is 16.5. The summed E-state index contributed by atoms with van der Waals surface area (Å²) in [6, 6.07) is 4.20. The minimum absolute atomic E-state index is 0.00732. The van der Waals surface area contributed by atoms with Gasteiger partial charge in [0.1, 0.15) is 0 Å². The lowest BCUT2D eigenvalue weighted by atomic mass is 10.3. The van der Waals surface area contributed by atoms with Crippen molar-refractivity contribution in [1.82, 2.24) is 4.31 Å². The number of hydrogen-bond donors (Lipinski definition) is 0. The van der Waals surface area contributed by atoms with Crippen molar-refractivity contribution >= 4 is 10.0 Å². The van der Waals surface area contributed by atoms with Gasteiger partial charge in [-0.25, -0.2) is 17.2 Å². The van der Waals surface area contributed by atoms with Crippen LogP contribution in [0.2, 0.25) is 0 Å². The lowest BCUT2D eigenvalue weighted by molar-refractivity contribution is 0.179. The first-order valence-electron chi connectivity index (χ1n) is 5.74. The van der Waals surface area contributed by atoms with E-state index in [0.29, 0.717) is 6.07 Å². The summed E-state index contributed by atoms with van der Waals surface area (Å²) < 4.78 is 56.4. The fraction of sp³-hybridized carbons (Fsp3) is 0.417. The second kappa shape index (κ2) is 7.28. The van der Waals surface area contributed by atoms with Gasteiger partial charge in [0.2, 0.25) is 10.0 Å². The lowest BCUT2D eigenvalue weighted by Gasteiger charge is -2.20. The molecule has 0 unspecified atom stereocenters. The van der Waals surface area contributed by atoms with Gasteiger partial charge in [-0.1, -0.05) is 0 Å². The predicted octanol–water partition coefficient (Wildman–Crippen LogP) is 1.52. The fourth-order valence-electron chi connectivity index (χ4n) is 1.51. The third kappa shape index (κ3) is 3.96. The zero-order chi connectivity index (χ0) is 15.2. The number of methoxy groups -OCH3 is 1. The number of hydrogen-bond acceptors (Lipinski definition) is 4. The molecule has 5 nitrogen and oxygen atoms in total. The highest BCUT2D eigenvalue weighted by Gasteiger charge is 2.25. The average molecular weight is 304 g/mol. The van der Waals surface area contributed by atoms with E-state index in [9.17, 15) is 17.2 Å². The predicted molar refractivity (Wildman–Crippen MR) is 67.2 cm³/mol. The van der Waals surface area contributed by atoms with Crippen molar-refractivity contribution in [1.29, 1.82) is 5.26 Å². The molecule has 0 aliphatic heterocycles. The number of sulfonamides is 1. The fourth-order valence-corrected chi connectivity index (χ4v) is 2.94. The van der Waals surface area contributed by atoms with Crippen molar-refractivity contribution in [3.63, 3.8) is 0 Å². The van der Waals surface area contributed by atoms with Crippen molar-refractivity contribution in [2.24, 2.45) is 0 Å². The molecule has 0 heterocycles. The monoisotopic (exact) mass is 304 g/mol. The third-order valence-electron chi connectivity index (χ3n) is 2.55. The Hall–Kier alpha value is -1.56. The van der Waals surface area contributed by atoms with E-state index in [0.717, 1.165) is 16.4 Å². The summed E-state index contributed by atoms with van der Waals surface area (Å²) in [5.74, 6) is -2.36. The second-order valence-electron chi connectivity index (χ2n) is 3.88. The van der Waals surface area contributed by atoms with E-state index in [1.54, 1.807) is 0 Å². The van der Waals surface area contributed by atoms with Gasteiger partial charge in [-0.05, 0) is 18.2 Å². The maximum atomic E-state index is 13.1. The quantitative estimate of drug-likeness (QED) is 0.765. The zero-order valence-electron chi connectivity index (χ0n) is 10.8. The average Bonchev–Trinajstić information content (AvgIpc) is 2.41. The largest absolute Gasteiger partial charge is 0.383 e. The summed E-state index contributed by atoms with van der Waals surface area (Å²) in [5.41, 5.74) is 0. The molecule has 0 fully saturated rings. The van der Waals surface area contributed by atoms with E-state index in [2.05, 4.69) is 0 Å². The van der Waals surface area contributed by atoms with Gasteiger partial charge in [0.05, 0.1) is 17.6 Å². The van der Waals surface area contributed by atoms with Gasteiger partial charge in [0.25, 0.3) is 0 Å². The molecular formula is C12H14F2N2O3S. The highest BCUT2D eigenvalue weighted by molar-refractivity contribution is 7.89. The molecule has 0 spiro atoms. The molecule has 0 saturated heterocycles. The molecule has 1 aromatic rings. The molecule has 0 radical (unpaired) electrons. The highest BCUT2D eigenvalue weighted by Crippen LogP contribution is 2.18. The number of rotatable bonds is 7. The van der Waals surface area contributed by atoms with Crippen LogP contribution in [-0.2, 0) is 14.8 Å². The Labute approximate surface area is 116 Å². The normalized spacial score (nSPS) is 11.6. The van der Waals surface area contributed by atoms with Crippen LogP contribution >= 0.6 is 0 Å². The molecule has 0 aromatic heterocycles. The van der Waals surface area contributed by atoms with Crippen LogP contribution in [0, 0.1) is 23.0 Å². The smallest absolute Gasteiger partial charge is 0.243 e. The molecule has 0 atom stereocenters. The molecule has 0 aliphatic carbocycles. The Morgan fingerprint density at radius 3 is 2.55 bits per heavy atom. The molecule has 1 rings (SSSR count). The molecular weight excluding hydrogens is 290 g/mol. The SMILES string of the molecule is COCCN(CCC#N)S(=O)(=O)c1ccc(F)c(F)c1. The molecule has 0 N–H and O–H groups in total. The van der Waals surface area contributed by atoms with Crippen molar-refractivity contribution < 1.29 is 21.9 Å². The Balaban J connectivity index is 3.07. The number of ether oxygens (including phenoxy) is 1. The Kier molecular flexibility index (Phi) is 6.01. The van der Waals surface area contributed by atoms with Gasteiger partial charge in [-0.3, -0.25) is 0 Å². The van der Waals surface area contributed by atoms with Crippen LogP contribution in [0.5, 0.6) is 0 Å². The summed E-state index contributed by atoms with van der Waals surface area (Å²) >= 11 is 0. The molecule has 1 aromatic carbocycles. The first-order chi connectivity index (χ1) is 9.43. The van der Waals surface area contributed by atoms with E-state index in [-0.39, 0.29) is 31.0 Å². The van der Waals surface area contributed by atoms with Gasteiger partial charge in [-0.15, -0.1) is 0 Å². The van der Waals surface area contributed by atoms with Gasteiger partial charge in [-0.2, -0.15) is 9.57 Å². The minimum Gasteiger partial charge on any atom is -0.383 e. The topological polar surface area (TPSA) is 70.4 Å². The van der Waals surface area contributed by atoms with Crippen LogP contribution in [0.15, 0.2) is 23.1 Å². The van der Waals surface area contributed by atoms with Gasteiger partial charge >= 0.3 is 0 Å². The van der Waals surface area contributed by atoms with E-state index in [1.807, 2.05) is 6.07 Å². The van der Waals surface area contributed by atoms with Crippen molar-refractivity contribution in [2.75, 3.05) is 26.8 Å². The van der Waals surface area contributed by atoms with Crippen LogP contribution in [0.4, 0.5) is 8.78 Å². The Morgan fingerprint density at radius 2 is 2.00 bits per heavy atom. The maximum absolute atomic E-state index is 13.1. The van der Waals surface area contributed by atoms with E-state index >= 15 is 0 Å². The lowest BCUT2D eigenvalue weighted by Crippen LogP contribution is -2.34. The van der Waals surface area contributed by atoms with Crippen LogP contribution in [0.3, 0.4) is 0 Å². The number of nitrogens with zero attached hydrogens (tertiary/aromatic N) is 2. The van der Waals surface area contributed by atoms with Gasteiger partial charge < -0.3 is 4.74 Å². The first-order valence-corrected chi connectivity index (χ1v) is 7.18. The number of nitriles is 1. The van der Waals surface area contributed by atoms with Crippen molar-refractivity contribution in [2.45, 2.75) is 11.3 Å². The summed E-state index contributed by atoms with van der Waals surface area (Å²) in [7, 11) is -2.58. The van der Waals surface area contributed by atoms with Gasteiger partial charge in [0, 0.05) is 26.6 Å². The molecule has 0 amide bonds. The van der Waals surface area contributed by atoms with E-state index in [4.69, 9.17) is 10.00 Å². The van der Waals surface area contributed by atoms with Crippen LogP contribution in [-0.4, -0.2) is 39.5 Å². The molecule has 8 heteroatoms. The summed E-state index contributed by atoms with van der Waals surface area (Å²) in [6.07, 6.45) is -0.00732. The molecule has 20 heavy (non-hydrogen) atoms. The molecule has 0 saturated carbocycles. The summed E-state index contributed by atoms with van der Waals surface area (Å²) in [6.45, 7) is 0.120. The second-order valence-corrected chi connectivity index (χ2v) is 5.82. The maximum Gasteiger partial charge on any atom is 0.243 e. The zero-order valence-corrected chi connectivity index (χ0v) is 11.7. The Morgan fingerprint density at radius 1 is 1.30 bits per heavy atom. The third-order valence-corrected chi connectivity index (χ3v) is 4.44. The minimum atomic E-state index is -3.99. The van der Waals surface area contributed by atoms with Crippen molar-refractivity contribution in [3.05, 3.63) is 29.8 Å². The van der Waals surface area contributed by atoms with E-state index < -0.39 is 21.7 Å². The Bertz CT molecular complexity index is 599. The van der Waals surface area contributed by atoms with Crippen LogP contribution < -0.4 is 0 Å². The highest BCUT2D eigenvalue weighted by atomic mass is 32.2. The molecule has 0 aliphatic rings. The molecule has 110 valence electrons. The molecule has 0 bridgehead atoms. The van der Waals surface area contributed by atoms with E-state index in [1.165, 1.54) is 7.11 Å². The standard InChI is InChI=1S/C12H14F2N2O3S/c1-19-8-7-16(6-2-5-15)20(17,18)10-3-4-11(13)12(14)9-10/h3-4,9H,2,6-8H2,1H3. The summed E-state index contributed by atoms with van der Waals surface area (Å²) in [5, 5.41) is 8.55. The summed E-state index contributed by atoms with van der Waals surface area (Å²) in [4.78, 5) is -0.356. The van der Waals surface area contributed by atoms with Crippen LogP contribution in [0.1, 0.15) is 6.42 Å².